The third-order valence-corrected chi connectivity index (χ3v) is 5.45. The predicted molar refractivity (Wildman–Crippen MR) is 74.4 cm³/mol. The molecule has 2 rings (SSSR count). The summed E-state index contributed by atoms with van der Waals surface area (Å²) in [6, 6.07) is 0. The van der Waals surface area contributed by atoms with E-state index in [1.54, 1.807) is 0 Å². The van der Waals surface area contributed by atoms with Crippen LogP contribution in [0.25, 0.3) is 0 Å². The van der Waals surface area contributed by atoms with Crippen LogP contribution in [0.4, 0.5) is 0 Å². The number of thiazole rings is 1. The number of nitrogens with zero attached hydrogens (tertiary/aromatic N) is 1. The van der Waals surface area contributed by atoms with Gasteiger partial charge >= 0.3 is 0 Å². The van der Waals surface area contributed by atoms with Crippen LogP contribution in [0.2, 0.25) is 0 Å². The molecule has 96 valence electrons. The highest BCUT2D eigenvalue weighted by Crippen LogP contribution is 2.37. The van der Waals surface area contributed by atoms with Gasteiger partial charge in [-0.15, -0.1) is 11.3 Å². The van der Waals surface area contributed by atoms with E-state index in [1.165, 1.54) is 22.0 Å². The highest BCUT2D eigenvalue weighted by atomic mass is 32.1. The van der Waals surface area contributed by atoms with Crippen LogP contribution in [0.15, 0.2) is 0 Å². The minimum absolute atomic E-state index is 0.0112. The van der Waals surface area contributed by atoms with Crippen LogP contribution in [0, 0.1) is 25.7 Å². The summed E-state index contributed by atoms with van der Waals surface area (Å²) < 4.78 is 0. The van der Waals surface area contributed by atoms with Gasteiger partial charge in [0.25, 0.3) is 0 Å². The van der Waals surface area contributed by atoms with Crippen molar-refractivity contribution in [1.82, 2.24) is 4.98 Å². The van der Waals surface area contributed by atoms with E-state index in [-0.39, 0.29) is 5.54 Å². The van der Waals surface area contributed by atoms with Gasteiger partial charge in [0.1, 0.15) is 0 Å². The lowest BCUT2D eigenvalue weighted by molar-refractivity contribution is 0.175. The van der Waals surface area contributed by atoms with Gasteiger partial charge in [0, 0.05) is 16.8 Å². The Bertz CT molecular complexity index is 379. The largest absolute Gasteiger partial charge is 0.325 e. The minimum Gasteiger partial charge on any atom is -0.325 e. The van der Waals surface area contributed by atoms with Gasteiger partial charge in [-0.2, -0.15) is 0 Å². The van der Waals surface area contributed by atoms with Crippen LogP contribution in [0.5, 0.6) is 0 Å². The second-order valence-electron chi connectivity index (χ2n) is 5.99. The smallest absolute Gasteiger partial charge is 0.0949 e. The maximum absolute atomic E-state index is 6.57. The molecular weight excluding hydrogens is 228 g/mol. The molecule has 0 aliphatic heterocycles. The molecule has 3 unspecified atom stereocenters. The Hall–Kier alpha value is -0.410. The van der Waals surface area contributed by atoms with Gasteiger partial charge in [0.2, 0.25) is 0 Å². The first-order valence-electron chi connectivity index (χ1n) is 6.61. The lowest BCUT2D eigenvalue weighted by Crippen LogP contribution is -2.47. The van der Waals surface area contributed by atoms with Crippen molar-refractivity contribution in [2.75, 3.05) is 0 Å². The Labute approximate surface area is 109 Å². The zero-order chi connectivity index (χ0) is 12.6. The van der Waals surface area contributed by atoms with Gasteiger partial charge in [-0.25, -0.2) is 4.98 Å². The molecule has 2 nitrogen and oxygen atoms in total. The van der Waals surface area contributed by atoms with E-state index in [9.17, 15) is 0 Å². The van der Waals surface area contributed by atoms with Crippen LogP contribution < -0.4 is 5.73 Å². The van der Waals surface area contributed by atoms with E-state index >= 15 is 0 Å². The Morgan fingerprint density at radius 2 is 2.06 bits per heavy atom. The maximum Gasteiger partial charge on any atom is 0.0949 e. The van der Waals surface area contributed by atoms with Crippen molar-refractivity contribution in [1.29, 1.82) is 0 Å². The first-order chi connectivity index (χ1) is 7.89. The molecule has 0 saturated heterocycles. The second kappa shape index (κ2) is 4.69. The Balaban J connectivity index is 2.07. The van der Waals surface area contributed by atoms with E-state index in [0.717, 1.165) is 31.1 Å². The van der Waals surface area contributed by atoms with Gasteiger partial charge in [-0.1, -0.05) is 13.8 Å². The fourth-order valence-corrected chi connectivity index (χ4v) is 3.91. The van der Waals surface area contributed by atoms with Crippen molar-refractivity contribution in [2.24, 2.45) is 17.6 Å². The molecule has 0 radical (unpaired) electrons. The number of aromatic nitrogens is 1. The summed E-state index contributed by atoms with van der Waals surface area (Å²) >= 11 is 1.82. The molecule has 3 atom stereocenters. The third-order valence-electron chi connectivity index (χ3n) is 4.37. The van der Waals surface area contributed by atoms with E-state index in [1.807, 2.05) is 11.3 Å². The highest BCUT2D eigenvalue weighted by molar-refractivity contribution is 7.11. The molecule has 1 saturated carbocycles. The molecule has 17 heavy (non-hydrogen) atoms. The molecular formula is C14H24N2S. The van der Waals surface area contributed by atoms with Gasteiger partial charge < -0.3 is 5.73 Å². The van der Waals surface area contributed by atoms with Crippen LogP contribution in [0.1, 0.15) is 48.7 Å². The van der Waals surface area contributed by atoms with Crippen molar-refractivity contribution in [2.45, 2.75) is 58.9 Å². The molecule has 0 aromatic carbocycles. The summed E-state index contributed by atoms with van der Waals surface area (Å²) in [7, 11) is 0. The summed E-state index contributed by atoms with van der Waals surface area (Å²) in [6.07, 6.45) is 4.52. The highest BCUT2D eigenvalue weighted by Gasteiger charge is 2.35. The van der Waals surface area contributed by atoms with Gasteiger partial charge in [-0.3, -0.25) is 0 Å². The predicted octanol–water partition coefficient (Wildman–Crippen LogP) is 3.46. The van der Waals surface area contributed by atoms with Gasteiger partial charge in [0.15, 0.2) is 0 Å². The van der Waals surface area contributed by atoms with Crippen molar-refractivity contribution in [3.8, 4) is 0 Å². The molecule has 1 heterocycles. The van der Waals surface area contributed by atoms with E-state index in [4.69, 9.17) is 5.73 Å². The molecule has 3 heteroatoms. The molecule has 1 fully saturated rings. The fourth-order valence-electron chi connectivity index (χ4n) is 2.82. The SMILES string of the molecule is Cc1nc(CC2(N)CCC(C)C(C)C2)sc1C. The summed E-state index contributed by atoms with van der Waals surface area (Å²) in [6.45, 7) is 8.92. The van der Waals surface area contributed by atoms with Gasteiger partial charge in [0.05, 0.1) is 10.7 Å². The molecule has 0 bridgehead atoms. The zero-order valence-electron chi connectivity index (χ0n) is 11.4. The molecule has 1 aliphatic rings. The number of hydrogen-bond donors (Lipinski definition) is 1. The molecule has 1 aromatic heterocycles. The van der Waals surface area contributed by atoms with Crippen LogP contribution in [0.3, 0.4) is 0 Å². The lowest BCUT2D eigenvalue weighted by Gasteiger charge is -2.39. The van der Waals surface area contributed by atoms with Gasteiger partial charge in [-0.05, 0) is 44.9 Å². The van der Waals surface area contributed by atoms with Crippen molar-refractivity contribution >= 4 is 11.3 Å². The van der Waals surface area contributed by atoms with Crippen LogP contribution >= 0.6 is 11.3 Å². The molecule has 0 spiro atoms. The quantitative estimate of drug-likeness (QED) is 0.875. The average Bonchev–Trinajstić information content (AvgIpc) is 2.52. The number of hydrogen-bond acceptors (Lipinski definition) is 3. The van der Waals surface area contributed by atoms with Crippen LogP contribution in [-0.2, 0) is 6.42 Å². The lowest BCUT2D eigenvalue weighted by atomic mass is 9.70. The Kier molecular flexibility index (Phi) is 3.60. The molecule has 0 amide bonds. The Morgan fingerprint density at radius 3 is 2.59 bits per heavy atom. The number of aryl methyl sites for hydroxylation is 2. The second-order valence-corrected chi connectivity index (χ2v) is 7.27. The molecule has 2 N–H and O–H groups in total. The van der Waals surface area contributed by atoms with Crippen molar-refractivity contribution in [3.63, 3.8) is 0 Å². The monoisotopic (exact) mass is 252 g/mol. The van der Waals surface area contributed by atoms with Crippen molar-refractivity contribution < 1.29 is 0 Å². The van der Waals surface area contributed by atoms with Crippen LogP contribution in [-0.4, -0.2) is 10.5 Å². The Morgan fingerprint density at radius 1 is 1.35 bits per heavy atom. The summed E-state index contributed by atoms with van der Waals surface area (Å²) in [5.41, 5.74) is 7.73. The average molecular weight is 252 g/mol. The molecule has 1 aromatic rings. The maximum atomic E-state index is 6.57. The minimum atomic E-state index is -0.0112. The number of rotatable bonds is 2. The molecule has 1 aliphatic carbocycles. The zero-order valence-corrected chi connectivity index (χ0v) is 12.2. The third kappa shape index (κ3) is 2.89. The normalized spacial score (nSPS) is 33.9. The summed E-state index contributed by atoms with van der Waals surface area (Å²) in [5.74, 6) is 1.57. The summed E-state index contributed by atoms with van der Waals surface area (Å²) in [5, 5.41) is 1.23. The number of nitrogens with two attached hydrogens (primary N) is 1. The summed E-state index contributed by atoms with van der Waals surface area (Å²) in [4.78, 5) is 5.97. The standard InChI is InChI=1S/C14H24N2S/c1-9-5-6-14(15,7-10(9)2)8-13-16-11(3)12(4)17-13/h9-10H,5-8,15H2,1-4H3. The first kappa shape index (κ1) is 13.0. The van der Waals surface area contributed by atoms with E-state index in [2.05, 4.69) is 32.7 Å². The first-order valence-corrected chi connectivity index (χ1v) is 7.43. The van der Waals surface area contributed by atoms with Crippen molar-refractivity contribution in [3.05, 3.63) is 15.6 Å². The van der Waals surface area contributed by atoms with E-state index < -0.39 is 0 Å². The topological polar surface area (TPSA) is 38.9 Å². The van der Waals surface area contributed by atoms with E-state index in [0.29, 0.717) is 0 Å². The fraction of sp³-hybridized carbons (Fsp3) is 0.786.